The summed E-state index contributed by atoms with van der Waals surface area (Å²) in [5, 5.41) is 9.06. The van der Waals surface area contributed by atoms with Crippen LogP contribution in [0.15, 0.2) is 24.3 Å². The third-order valence-electron chi connectivity index (χ3n) is 3.86. The maximum Gasteiger partial charge on any atom is 0.254 e. The molecule has 1 aliphatic rings. The second-order valence-corrected chi connectivity index (χ2v) is 6.52. The number of amides is 1. The van der Waals surface area contributed by atoms with Crippen LogP contribution in [0.5, 0.6) is 0 Å². The molecule has 1 aliphatic heterocycles. The Hall–Kier alpha value is -1.82. The van der Waals surface area contributed by atoms with Gasteiger partial charge in [0.05, 0.1) is 12.0 Å². The maximum atomic E-state index is 12.7. The molecule has 0 saturated carbocycles. The minimum absolute atomic E-state index is 0.0190. The molecule has 0 aromatic heterocycles. The van der Waals surface area contributed by atoms with E-state index >= 15 is 0 Å². The number of hydrogen-bond acceptors (Lipinski definition) is 2. The molecule has 1 unspecified atom stereocenters. The van der Waals surface area contributed by atoms with Crippen LogP contribution >= 0.6 is 0 Å². The number of carbonyl (C=O) groups is 1. The molecule has 2 rings (SSSR count). The number of rotatable bonds is 1. The van der Waals surface area contributed by atoms with Crippen molar-refractivity contribution in [1.82, 2.24) is 4.90 Å². The molecule has 0 aliphatic carbocycles. The summed E-state index contributed by atoms with van der Waals surface area (Å²) in [7, 11) is 0. The molecule has 0 bridgehead atoms. The molecule has 1 fully saturated rings. The third kappa shape index (κ3) is 3.01. The normalized spacial score (nSPS) is 19.5. The molecule has 1 amide bonds. The summed E-state index contributed by atoms with van der Waals surface area (Å²) in [6.07, 6.45) is 1.82. The number of likely N-dealkylation sites (tertiary alicyclic amines) is 1. The zero-order chi connectivity index (χ0) is 14.8. The first-order chi connectivity index (χ1) is 9.43. The smallest absolute Gasteiger partial charge is 0.254 e. The van der Waals surface area contributed by atoms with Crippen molar-refractivity contribution in [3.05, 3.63) is 35.4 Å². The Morgan fingerprint density at radius 3 is 2.70 bits per heavy atom. The number of benzene rings is 1. The Labute approximate surface area is 121 Å². The molecule has 3 nitrogen and oxygen atoms in total. The SMILES string of the molecule is CC(C)(C)c1ccccc1C(=O)N1CCCC(C#N)C1. The molecule has 1 aromatic carbocycles. The molecule has 0 radical (unpaired) electrons. The van der Waals surface area contributed by atoms with Crippen molar-refractivity contribution in [2.75, 3.05) is 13.1 Å². The van der Waals surface area contributed by atoms with E-state index in [1.165, 1.54) is 0 Å². The van der Waals surface area contributed by atoms with Crippen molar-refractivity contribution < 1.29 is 4.79 Å². The predicted octanol–water partition coefficient (Wildman–Crippen LogP) is 3.36. The number of hydrogen-bond donors (Lipinski definition) is 0. The van der Waals surface area contributed by atoms with Crippen LogP contribution < -0.4 is 0 Å². The molecule has 20 heavy (non-hydrogen) atoms. The lowest BCUT2D eigenvalue weighted by molar-refractivity contribution is 0.0696. The highest BCUT2D eigenvalue weighted by atomic mass is 16.2. The van der Waals surface area contributed by atoms with Gasteiger partial charge in [-0.2, -0.15) is 5.26 Å². The summed E-state index contributed by atoms with van der Waals surface area (Å²) >= 11 is 0. The van der Waals surface area contributed by atoms with Gasteiger partial charge in [0.15, 0.2) is 0 Å². The van der Waals surface area contributed by atoms with Crippen molar-refractivity contribution in [3.8, 4) is 6.07 Å². The largest absolute Gasteiger partial charge is 0.337 e. The number of nitriles is 1. The van der Waals surface area contributed by atoms with Gasteiger partial charge >= 0.3 is 0 Å². The van der Waals surface area contributed by atoms with Gasteiger partial charge in [-0.3, -0.25) is 4.79 Å². The van der Waals surface area contributed by atoms with Crippen LogP contribution in [0.25, 0.3) is 0 Å². The summed E-state index contributed by atoms with van der Waals surface area (Å²) in [6.45, 7) is 7.68. The summed E-state index contributed by atoms with van der Waals surface area (Å²) in [5.41, 5.74) is 1.79. The topological polar surface area (TPSA) is 44.1 Å². The third-order valence-corrected chi connectivity index (χ3v) is 3.86. The van der Waals surface area contributed by atoms with Gasteiger partial charge in [0.25, 0.3) is 5.91 Å². The average molecular weight is 270 g/mol. The highest BCUT2D eigenvalue weighted by Crippen LogP contribution is 2.27. The zero-order valence-corrected chi connectivity index (χ0v) is 12.5. The summed E-state index contributed by atoms with van der Waals surface area (Å²) in [5.74, 6) is 0.0463. The average Bonchev–Trinajstić information content (AvgIpc) is 2.45. The molecule has 1 heterocycles. The van der Waals surface area contributed by atoms with Gasteiger partial charge in [-0.15, -0.1) is 0 Å². The molecular weight excluding hydrogens is 248 g/mol. The zero-order valence-electron chi connectivity index (χ0n) is 12.5. The summed E-state index contributed by atoms with van der Waals surface area (Å²) in [6, 6.07) is 10.1. The van der Waals surface area contributed by atoms with Gasteiger partial charge in [0.2, 0.25) is 0 Å². The number of piperidine rings is 1. The highest BCUT2D eigenvalue weighted by molar-refractivity contribution is 5.96. The minimum Gasteiger partial charge on any atom is -0.337 e. The number of nitrogens with zero attached hydrogens (tertiary/aromatic N) is 2. The molecule has 3 heteroatoms. The second kappa shape index (κ2) is 5.66. The van der Waals surface area contributed by atoms with E-state index in [9.17, 15) is 4.79 Å². The monoisotopic (exact) mass is 270 g/mol. The van der Waals surface area contributed by atoms with Crippen LogP contribution in [0.2, 0.25) is 0 Å². The van der Waals surface area contributed by atoms with Crippen LogP contribution in [-0.4, -0.2) is 23.9 Å². The van der Waals surface area contributed by atoms with Crippen LogP contribution in [0.4, 0.5) is 0 Å². The van der Waals surface area contributed by atoms with Crippen molar-refractivity contribution in [1.29, 1.82) is 5.26 Å². The van der Waals surface area contributed by atoms with E-state index in [0.717, 1.165) is 30.5 Å². The molecule has 1 saturated heterocycles. The van der Waals surface area contributed by atoms with Crippen LogP contribution in [-0.2, 0) is 5.41 Å². The standard InChI is InChI=1S/C17H22N2O/c1-17(2,3)15-9-5-4-8-14(15)16(20)19-10-6-7-13(11-18)12-19/h4-5,8-9,13H,6-7,10,12H2,1-3H3. The molecule has 106 valence electrons. The Bertz CT molecular complexity index is 537. The first kappa shape index (κ1) is 14.6. The van der Waals surface area contributed by atoms with Crippen LogP contribution in [0.3, 0.4) is 0 Å². The number of carbonyl (C=O) groups excluding carboxylic acids is 1. The molecule has 1 atom stereocenters. The first-order valence-corrected chi connectivity index (χ1v) is 7.22. The van der Waals surface area contributed by atoms with Crippen LogP contribution in [0, 0.1) is 17.2 Å². The lowest BCUT2D eigenvalue weighted by atomic mass is 9.83. The molecule has 0 N–H and O–H groups in total. The Morgan fingerprint density at radius 1 is 1.35 bits per heavy atom. The lowest BCUT2D eigenvalue weighted by Crippen LogP contribution is -2.40. The highest BCUT2D eigenvalue weighted by Gasteiger charge is 2.28. The fraction of sp³-hybridized carbons (Fsp3) is 0.529. The van der Waals surface area contributed by atoms with Crippen molar-refractivity contribution in [2.24, 2.45) is 5.92 Å². The van der Waals surface area contributed by atoms with Gasteiger partial charge in [0, 0.05) is 18.7 Å². The van der Waals surface area contributed by atoms with Crippen molar-refractivity contribution >= 4 is 5.91 Å². The summed E-state index contributed by atoms with van der Waals surface area (Å²) in [4.78, 5) is 14.6. The van der Waals surface area contributed by atoms with E-state index in [0.29, 0.717) is 6.54 Å². The minimum atomic E-state index is -0.0589. The van der Waals surface area contributed by atoms with Crippen molar-refractivity contribution in [3.63, 3.8) is 0 Å². The van der Waals surface area contributed by atoms with E-state index < -0.39 is 0 Å². The fourth-order valence-electron chi connectivity index (χ4n) is 2.76. The van der Waals surface area contributed by atoms with Crippen molar-refractivity contribution in [2.45, 2.75) is 39.0 Å². The second-order valence-electron chi connectivity index (χ2n) is 6.52. The van der Waals surface area contributed by atoms with E-state index in [1.54, 1.807) is 0 Å². The van der Waals surface area contributed by atoms with Gasteiger partial charge in [0.1, 0.15) is 0 Å². The van der Waals surface area contributed by atoms with Gasteiger partial charge in [-0.1, -0.05) is 39.0 Å². The molecular formula is C17H22N2O. The first-order valence-electron chi connectivity index (χ1n) is 7.22. The van der Waals surface area contributed by atoms with Gasteiger partial charge in [-0.25, -0.2) is 0 Å². The Morgan fingerprint density at radius 2 is 2.05 bits per heavy atom. The summed E-state index contributed by atoms with van der Waals surface area (Å²) < 4.78 is 0. The van der Waals surface area contributed by atoms with Gasteiger partial charge < -0.3 is 4.90 Å². The van der Waals surface area contributed by atoms with Gasteiger partial charge in [-0.05, 0) is 29.9 Å². The fourth-order valence-corrected chi connectivity index (χ4v) is 2.76. The quantitative estimate of drug-likeness (QED) is 0.785. The van der Waals surface area contributed by atoms with E-state index in [-0.39, 0.29) is 17.2 Å². The molecule has 0 spiro atoms. The lowest BCUT2D eigenvalue weighted by Gasteiger charge is -2.31. The van der Waals surface area contributed by atoms with E-state index in [2.05, 4.69) is 26.8 Å². The molecule has 1 aromatic rings. The van der Waals surface area contributed by atoms with E-state index in [4.69, 9.17) is 5.26 Å². The van der Waals surface area contributed by atoms with Crippen LogP contribution in [0.1, 0.15) is 49.5 Å². The van der Waals surface area contributed by atoms with E-state index in [1.807, 2.05) is 29.2 Å². The maximum absolute atomic E-state index is 12.7. The Balaban J connectivity index is 2.28. The Kier molecular flexibility index (Phi) is 4.13. The predicted molar refractivity (Wildman–Crippen MR) is 79.4 cm³/mol.